The number of rotatable bonds is 6. The SMILES string of the molecule is C=CCNc1nc(C(=O)OCc2ccc(C(C)(C)C)cc2)cs1. The van der Waals surface area contributed by atoms with Crippen molar-refractivity contribution in [1.82, 2.24) is 4.98 Å². The molecule has 0 aliphatic rings. The number of carbonyl (C=O) groups is 1. The predicted molar refractivity (Wildman–Crippen MR) is 95.1 cm³/mol. The summed E-state index contributed by atoms with van der Waals surface area (Å²) in [4.78, 5) is 16.2. The van der Waals surface area contributed by atoms with Gasteiger partial charge in [0.2, 0.25) is 0 Å². The molecule has 0 saturated carbocycles. The minimum absolute atomic E-state index is 0.116. The maximum atomic E-state index is 12.0. The molecule has 5 heteroatoms. The lowest BCUT2D eigenvalue weighted by molar-refractivity contribution is 0.0467. The highest BCUT2D eigenvalue weighted by Crippen LogP contribution is 2.22. The lowest BCUT2D eigenvalue weighted by Crippen LogP contribution is -2.11. The zero-order valence-electron chi connectivity index (χ0n) is 13.8. The molecule has 0 amide bonds. The van der Waals surface area contributed by atoms with Crippen molar-refractivity contribution in [1.29, 1.82) is 0 Å². The highest BCUT2D eigenvalue weighted by molar-refractivity contribution is 7.13. The van der Waals surface area contributed by atoms with Gasteiger partial charge in [-0.3, -0.25) is 0 Å². The average molecular weight is 330 g/mol. The molecular weight excluding hydrogens is 308 g/mol. The first kappa shape index (κ1) is 17.2. The number of nitrogens with zero attached hydrogens (tertiary/aromatic N) is 1. The molecule has 1 aromatic carbocycles. The van der Waals surface area contributed by atoms with Crippen molar-refractivity contribution in [3.63, 3.8) is 0 Å². The number of thiazole rings is 1. The average Bonchev–Trinajstić information content (AvgIpc) is 2.99. The van der Waals surface area contributed by atoms with E-state index >= 15 is 0 Å². The first-order valence-electron chi connectivity index (χ1n) is 7.47. The Morgan fingerprint density at radius 1 is 1.35 bits per heavy atom. The topological polar surface area (TPSA) is 51.2 Å². The predicted octanol–water partition coefficient (Wildman–Crippen LogP) is 4.40. The van der Waals surface area contributed by atoms with Crippen LogP contribution in [0, 0.1) is 0 Å². The van der Waals surface area contributed by atoms with Gasteiger partial charge < -0.3 is 10.1 Å². The second-order valence-electron chi connectivity index (χ2n) is 6.23. The van der Waals surface area contributed by atoms with Gasteiger partial charge in [-0.05, 0) is 16.5 Å². The molecule has 0 radical (unpaired) electrons. The summed E-state index contributed by atoms with van der Waals surface area (Å²) >= 11 is 1.37. The number of hydrogen-bond donors (Lipinski definition) is 1. The van der Waals surface area contributed by atoms with Crippen molar-refractivity contribution >= 4 is 22.4 Å². The maximum absolute atomic E-state index is 12.0. The molecule has 23 heavy (non-hydrogen) atoms. The van der Waals surface area contributed by atoms with Gasteiger partial charge in [0.05, 0.1) is 0 Å². The van der Waals surface area contributed by atoms with Gasteiger partial charge in [0.1, 0.15) is 6.61 Å². The fourth-order valence-electron chi connectivity index (χ4n) is 1.93. The van der Waals surface area contributed by atoms with Crippen molar-refractivity contribution < 1.29 is 9.53 Å². The summed E-state index contributed by atoms with van der Waals surface area (Å²) in [5.41, 5.74) is 2.66. The van der Waals surface area contributed by atoms with Gasteiger partial charge in [0, 0.05) is 11.9 Å². The molecule has 0 spiro atoms. The molecule has 2 rings (SSSR count). The van der Waals surface area contributed by atoms with Crippen molar-refractivity contribution in [2.24, 2.45) is 0 Å². The Bertz CT molecular complexity index is 669. The van der Waals surface area contributed by atoms with Crippen LogP contribution in [-0.2, 0) is 16.8 Å². The van der Waals surface area contributed by atoms with Crippen LogP contribution in [-0.4, -0.2) is 17.5 Å². The summed E-state index contributed by atoms with van der Waals surface area (Å²) in [7, 11) is 0. The van der Waals surface area contributed by atoms with Crippen LogP contribution in [0.1, 0.15) is 42.4 Å². The van der Waals surface area contributed by atoms with Crippen LogP contribution in [0.4, 0.5) is 5.13 Å². The van der Waals surface area contributed by atoms with Gasteiger partial charge in [0.15, 0.2) is 10.8 Å². The van der Waals surface area contributed by atoms with E-state index < -0.39 is 5.97 Å². The number of ether oxygens (including phenoxy) is 1. The molecule has 1 heterocycles. The highest BCUT2D eigenvalue weighted by atomic mass is 32.1. The quantitative estimate of drug-likeness (QED) is 0.630. The zero-order valence-corrected chi connectivity index (χ0v) is 14.6. The molecular formula is C18H22N2O2S. The molecule has 122 valence electrons. The molecule has 0 atom stereocenters. The van der Waals surface area contributed by atoms with Crippen LogP contribution in [0.3, 0.4) is 0 Å². The van der Waals surface area contributed by atoms with E-state index in [0.717, 1.165) is 5.56 Å². The van der Waals surface area contributed by atoms with Crippen LogP contribution >= 0.6 is 11.3 Å². The van der Waals surface area contributed by atoms with Gasteiger partial charge >= 0.3 is 5.97 Å². The monoisotopic (exact) mass is 330 g/mol. The molecule has 0 saturated heterocycles. The van der Waals surface area contributed by atoms with Gasteiger partial charge in [-0.1, -0.05) is 51.1 Å². The molecule has 1 N–H and O–H groups in total. The lowest BCUT2D eigenvalue weighted by Gasteiger charge is -2.19. The molecule has 1 aromatic heterocycles. The van der Waals surface area contributed by atoms with Crippen molar-refractivity contribution in [3.8, 4) is 0 Å². The van der Waals surface area contributed by atoms with E-state index in [9.17, 15) is 4.79 Å². The molecule has 4 nitrogen and oxygen atoms in total. The van der Waals surface area contributed by atoms with E-state index in [4.69, 9.17) is 4.74 Å². The smallest absolute Gasteiger partial charge is 0.358 e. The molecule has 0 aliphatic heterocycles. The summed E-state index contributed by atoms with van der Waals surface area (Å²) in [6, 6.07) is 8.13. The van der Waals surface area contributed by atoms with Crippen LogP contribution in [0.2, 0.25) is 0 Å². The summed E-state index contributed by atoms with van der Waals surface area (Å²) in [6.45, 7) is 11.0. The number of benzene rings is 1. The Morgan fingerprint density at radius 2 is 2.04 bits per heavy atom. The first-order chi connectivity index (χ1) is 10.9. The minimum Gasteiger partial charge on any atom is -0.456 e. The van der Waals surface area contributed by atoms with Crippen molar-refractivity contribution in [2.75, 3.05) is 11.9 Å². The Balaban J connectivity index is 1.91. The third-order valence-electron chi connectivity index (χ3n) is 3.30. The van der Waals surface area contributed by atoms with E-state index in [2.05, 4.69) is 49.8 Å². The molecule has 0 unspecified atom stereocenters. The van der Waals surface area contributed by atoms with Gasteiger partial charge in [-0.2, -0.15) is 0 Å². The third-order valence-corrected chi connectivity index (χ3v) is 4.10. The molecule has 2 aromatic rings. The highest BCUT2D eigenvalue weighted by Gasteiger charge is 2.14. The largest absolute Gasteiger partial charge is 0.456 e. The van der Waals surface area contributed by atoms with Crippen LogP contribution < -0.4 is 5.32 Å². The van der Waals surface area contributed by atoms with E-state index in [-0.39, 0.29) is 12.0 Å². The number of hydrogen-bond acceptors (Lipinski definition) is 5. The van der Waals surface area contributed by atoms with E-state index in [0.29, 0.717) is 17.4 Å². The third kappa shape index (κ3) is 4.93. The van der Waals surface area contributed by atoms with E-state index in [1.807, 2.05) is 12.1 Å². The van der Waals surface area contributed by atoms with Crippen LogP contribution in [0.5, 0.6) is 0 Å². The second-order valence-corrected chi connectivity index (χ2v) is 7.09. The van der Waals surface area contributed by atoms with Gasteiger partial charge in [-0.15, -0.1) is 17.9 Å². The zero-order chi connectivity index (χ0) is 16.9. The maximum Gasteiger partial charge on any atom is 0.358 e. The Labute approximate surface area is 141 Å². The summed E-state index contributed by atoms with van der Waals surface area (Å²) in [6.07, 6.45) is 1.74. The van der Waals surface area contributed by atoms with Crippen LogP contribution in [0.15, 0.2) is 42.3 Å². The fraction of sp³-hybridized carbons (Fsp3) is 0.333. The first-order valence-corrected chi connectivity index (χ1v) is 8.35. The van der Waals surface area contributed by atoms with Gasteiger partial charge in [-0.25, -0.2) is 9.78 Å². The van der Waals surface area contributed by atoms with E-state index in [1.54, 1.807) is 11.5 Å². The number of anilines is 1. The van der Waals surface area contributed by atoms with Crippen molar-refractivity contribution in [2.45, 2.75) is 32.8 Å². The van der Waals surface area contributed by atoms with E-state index in [1.165, 1.54) is 16.9 Å². The summed E-state index contributed by atoms with van der Waals surface area (Å²) in [5, 5.41) is 5.42. The lowest BCUT2D eigenvalue weighted by atomic mass is 9.87. The second kappa shape index (κ2) is 7.42. The number of nitrogens with one attached hydrogen (secondary N) is 1. The van der Waals surface area contributed by atoms with Crippen LogP contribution in [0.25, 0.3) is 0 Å². The summed E-state index contributed by atoms with van der Waals surface area (Å²) in [5.74, 6) is -0.409. The Kier molecular flexibility index (Phi) is 5.55. The minimum atomic E-state index is -0.409. The molecule has 0 fully saturated rings. The summed E-state index contributed by atoms with van der Waals surface area (Å²) < 4.78 is 5.31. The normalized spacial score (nSPS) is 11.1. The Hall–Kier alpha value is -2.14. The number of esters is 1. The van der Waals surface area contributed by atoms with Crippen molar-refractivity contribution in [3.05, 3.63) is 59.1 Å². The standard InChI is InChI=1S/C18H22N2O2S/c1-5-10-19-17-20-15(12-23-17)16(21)22-11-13-6-8-14(9-7-13)18(2,3)4/h5-9,12H,1,10-11H2,2-4H3,(H,19,20). The number of carbonyl (C=O) groups excluding carboxylic acids is 1. The Morgan fingerprint density at radius 3 is 2.65 bits per heavy atom. The molecule has 0 aliphatic carbocycles. The fourth-order valence-corrected chi connectivity index (χ4v) is 2.62. The molecule has 0 bridgehead atoms. The van der Waals surface area contributed by atoms with Gasteiger partial charge in [0.25, 0.3) is 0 Å². The number of aromatic nitrogens is 1.